The fourth-order valence-corrected chi connectivity index (χ4v) is 5.00. The van der Waals surface area contributed by atoms with E-state index in [0.717, 1.165) is 22.5 Å². The van der Waals surface area contributed by atoms with Gasteiger partial charge >= 0.3 is 0 Å². The average Bonchev–Trinajstić information content (AvgIpc) is 3.24. The zero-order valence-corrected chi connectivity index (χ0v) is 21.6. The summed E-state index contributed by atoms with van der Waals surface area (Å²) in [6.07, 6.45) is 1.83. The lowest BCUT2D eigenvalue weighted by Crippen LogP contribution is -2.39. The third-order valence-electron chi connectivity index (χ3n) is 5.00. The van der Waals surface area contributed by atoms with Crippen molar-refractivity contribution in [3.05, 3.63) is 85.6 Å². The van der Waals surface area contributed by atoms with Gasteiger partial charge in [-0.3, -0.25) is 9.47 Å². The van der Waals surface area contributed by atoms with Crippen LogP contribution >= 0.6 is 46.6 Å². The number of benzene rings is 2. The van der Waals surface area contributed by atoms with Crippen molar-refractivity contribution < 1.29 is 14.3 Å². The van der Waals surface area contributed by atoms with E-state index in [1.165, 1.54) is 15.3 Å². The van der Waals surface area contributed by atoms with Gasteiger partial charge in [0.2, 0.25) is 0 Å². The molecule has 0 radical (unpaired) electrons. The molecule has 3 aromatic rings. The Morgan fingerprint density at radius 2 is 1.72 bits per heavy atom. The number of aryl methyl sites for hydroxylation is 2. The lowest BCUT2D eigenvalue weighted by Gasteiger charge is -2.20. The molecule has 32 heavy (non-hydrogen) atoms. The number of carbonyl (C=O) groups excluding carboxylic acids is 1. The molecule has 1 aromatic heterocycles. The van der Waals surface area contributed by atoms with Crippen LogP contribution in [0.2, 0.25) is 0 Å². The third-order valence-corrected chi connectivity index (χ3v) is 7.00. The van der Waals surface area contributed by atoms with E-state index in [0.29, 0.717) is 27.3 Å². The van der Waals surface area contributed by atoms with E-state index in [1.807, 2.05) is 79.2 Å². The van der Waals surface area contributed by atoms with Crippen LogP contribution in [-0.2, 0) is 11.4 Å². The van der Waals surface area contributed by atoms with Crippen LogP contribution in [0.4, 0.5) is 0 Å². The smallest absolute Gasteiger partial charge is 0.285 e. The number of thioether (sulfide) groups is 1. The van der Waals surface area contributed by atoms with Gasteiger partial charge in [0.25, 0.3) is 5.91 Å². The number of amides is 1. The Balaban J connectivity index is 1.54. The molecule has 0 spiro atoms. The van der Waals surface area contributed by atoms with E-state index >= 15 is 0 Å². The zero-order valence-electron chi connectivity index (χ0n) is 17.8. The van der Waals surface area contributed by atoms with Gasteiger partial charge in [-0.05, 0) is 102 Å². The van der Waals surface area contributed by atoms with Crippen LogP contribution in [0.15, 0.2) is 59.5 Å². The summed E-state index contributed by atoms with van der Waals surface area (Å²) in [6, 6.07) is 17.7. The maximum atomic E-state index is 13.1. The van der Waals surface area contributed by atoms with Crippen molar-refractivity contribution in [2.75, 3.05) is 12.1 Å². The van der Waals surface area contributed by atoms with E-state index in [1.54, 1.807) is 12.1 Å². The number of aromatic nitrogens is 1. The summed E-state index contributed by atoms with van der Waals surface area (Å²) in [5.41, 5.74) is 3.83. The summed E-state index contributed by atoms with van der Waals surface area (Å²) < 4.78 is 15.0. The van der Waals surface area contributed by atoms with E-state index in [-0.39, 0.29) is 5.91 Å². The Morgan fingerprint density at radius 3 is 2.38 bits per heavy atom. The number of nitrogens with zero attached hydrogens (tertiary/aromatic N) is 2. The average molecular weight is 576 g/mol. The number of hydrogen-bond acceptors (Lipinski definition) is 5. The molecule has 0 aliphatic carbocycles. The van der Waals surface area contributed by atoms with Gasteiger partial charge in [-0.25, -0.2) is 0 Å². The normalized spacial score (nSPS) is 15.0. The number of ether oxygens (including phenoxy) is 2. The van der Waals surface area contributed by atoms with Gasteiger partial charge in [-0.2, -0.15) is 5.01 Å². The summed E-state index contributed by atoms with van der Waals surface area (Å²) in [6.45, 7) is 4.35. The van der Waals surface area contributed by atoms with Crippen molar-refractivity contribution in [3.63, 3.8) is 0 Å². The van der Waals surface area contributed by atoms with Crippen LogP contribution in [0.3, 0.4) is 0 Å². The van der Waals surface area contributed by atoms with Crippen LogP contribution in [0.1, 0.15) is 22.5 Å². The molecule has 1 saturated heterocycles. The van der Waals surface area contributed by atoms with E-state index in [2.05, 4.69) is 22.6 Å². The Kier molecular flexibility index (Phi) is 6.92. The topological polar surface area (TPSA) is 43.7 Å². The van der Waals surface area contributed by atoms with E-state index in [4.69, 9.17) is 21.7 Å². The first-order chi connectivity index (χ1) is 15.4. The molecule has 0 atom stereocenters. The molecular formula is C24H21IN2O3S2. The van der Waals surface area contributed by atoms with Crippen molar-refractivity contribution in [2.24, 2.45) is 0 Å². The molecule has 2 heterocycles. The van der Waals surface area contributed by atoms with Crippen LogP contribution in [0.5, 0.6) is 11.5 Å². The Morgan fingerprint density at radius 1 is 1.03 bits per heavy atom. The van der Waals surface area contributed by atoms with Gasteiger partial charge in [-0.15, -0.1) is 0 Å². The summed E-state index contributed by atoms with van der Waals surface area (Å²) in [5, 5.41) is 1.55. The third kappa shape index (κ3) is 4.72. The highest BCUT2D eigenvalue weighted by Crippen LogP contribution is 2.35. The summed E-state index contributed by atoms with van der Waals surface area (Å²) in [4.78, 5) is 13.7. The quantitative estimate of drug-likeness (QED) is 0.210. The predicted molar refractivity (Wildman–Crippen MR) is 142 cm³/mol. The SMILES string of the molecule is COc1cc(/C=C2/SC(=S)N(n3c(C)ccc3C)C2=O)ccc1OCc1ccc(I)cc1. The van der Waals surface area contributed by atoms with Gasteiger partial charge in [0.1, 0.15) is 6.61 Å². The minimum atomic E-state index is -0.139. The molecule has 0 bridgehead atoms. The molecule has 1 amide bonds. The molecule has 1 aliphatic heterocycles. The maximum Gasteiger partial charge on any atom is 0.285 e. The zero-order chi connectivity index (χ0) is 22.8. The Hall–Kier alpha value is -2.30. The molecule has 4 rings (SSSR count). The molecule has 0 unspecified atom stereocenters. The predicted octanol–water partition coefficient (Wildman–Crippen LogP) is 5.83. The second-order valence-corrected chi connectivity index (χ2v) is 10.2. The van der Waals surface area contributed by atoms with E-state index < -0.39 is 0 Å². The van der Waals surface area contributed by atoms with Crippen LogP contribution in [-0.4, -0.2) is 22.0 Å². The van der Waals surface area contributed by atoms with Gasteiger partial charge in [-0.1, -0.05) is 30.0 Å². The minimum absolute atomic E-state index is 0.139. The summed E-state index contributed by atoms with van der Waals surface area (Å²) in [5.74, 6) is 1.12. The molecule has 1 fully saturated rings. The Labute approximate surface area is 210 Å². The first-order valence-electron chi connectivity index (χ1n) is 9.86. The summed E-state index contributed by atoms with van der Waals surface area (Å²) in [7, 11) is 1.61. The fraction of sp³-hybridized carbons (Fsp3) is 0.167. The standard InChI is InChI=1S/C24H21IN2O3S2/c1-15-4-5-16(2)26(15)27-23(28)22(32-24(27)31)13-18-8-11-20(21(12-18)29-3)30-14-17-6-9-19(25)10-7-17/h4-13H,14H2,1-3H3/b22-13+. The van der Waals surface area contributed by atoms with Crippen LogP contribution < -0.4 is 14.5 Å². The lowest BCUT2D eigenvalue weighted by atomic mass is 10.2. The molecule has 1 aliphatic rings. The lowest BCUT2D eigenvalue weighted by molar-refractivity contribution is -0.114. The van der Waals surface area contributed by atoms with Gasteiger partial charge in [0.05, 0.1) is 12.0 Å². The van der Waals surface area contributed by atoms with Crippen LogP contribution in [0, 0.1) is 17.4 Å². The van der Waals surface area contributed by atoms with Crippen molar-refractivity contribution in [1.29, 1.82) is 0 Å². The fourth-order valence-electron chi connectivity index (χ4n) is 3.39. The van der Waals surface area contributed by atoms with Crippen molar-refractivity contribution in [3.8, 4) is 11.5 Å². The number of rotatable bonds is 6. The number of methoxy groups -OCH3 is 1. The minimum Gasteiger partial charge on any atom is -0.493 e. The molecule has 164 valence electrons. The van der Waals surface area contributed by atoms with Gasteiger partial charge in [0, 0.05) is 15.0 Å². The molecule has 0 saturated carbocycles. The van der Waals surface area contributed by atoms with Gasteiger partial charge in [0.15, 0.2) is 15.8 Å². The number of halogens is 1. The second-order valence-electron chi connectivity index (χ2n) is 7.25. The van der Waals surface area contributed by atoms with Crippen molar-refractivity contribution in [2.45, 2.75) is 20.5 Å². The second kappa shape index (κ2) is 9.68. The highest BCUT2D eigenvalue weighted by molar-refractivity contribution is 14.1. The Bertz CT molecular complexity index is 1200. The molecule has 8 heteroatoms. The van der Waals surface area contributed by atoms with Crippen molar-refractivity contribution in [1.82, 2.24) is 4.68 Å². The van der Waals surface area contributed by atoms with Gasteiger partial charge < -0.3 is 9.47 Å². The van der Waals surface area contributed by atoms with Crippen LogP contribution in [0.25, 0.3) is 6.08 Å². The first-order valence-corrected chi connectivity index (χ1v) is 12.2. The molecule has 2 aromatic carbocycles. The van der Waals surface area contributed by atoms with Crippen molar-refractivity contribution >= 4 is 62.9 Å². The highest BCUT2D eigenvalue weighted by atomic mass is 127. The molecular weight excluding hydrogens is 555 g/mol. The molecule has 0 N–H and O–H groups in total. The van der Waals surface area contributed by atoms with E-state index in [9.17, 15) is 4.79 Å². The number of thiocarbonyl (C=S) groups is 1. The monoisotopic (exact) mass is 576 g/mol. The first kappa shape index (κ1) is 22.9. The summed E-state index contributed by atoms with van der Waals surface area (Å²) >= 11 is 9.07. The maximum absolute atomic E-state index is 13.1. The highest BCUT2D eigenvalue weighted by Gasteiger charge is 2.34. The number of hydrogen-bond donors (Lipinski definition) is 0. The largest absolute Gasteiger partial charge is 0.493 e. The molecule has 5 nitrogen and oxygen atoms in total. The number of carbonyl (C=O) groups is 1.